The second kappa shape index (κ2) is 7.42. The van der Waals surface area contributed by atoms with E-state index >= 15 is 0 Å². The van der Waals surface area contributed by atoms with Crippen molar-refractivity contribution in [3.05, 3.63) is 71.5 Å². The lowest BCUT2D eigenvalue weighted by molar-refractivity contribution is 0.181. The standard InChI is InChI=1S/C18H21FN2O2S/c19-18-8-6-17(7-9-18)15-24(22,23)21-12-10-20(11-13-21)14-16-4-2-1-3-5-16/h1-9H,10-15H2. The minimum absolute atomic E-state index is 0.0774. The Morgan fingerprint density at radius 2 is 1.46 bits per heavy atom. The van der Waals surface area contributed by atoms with Gasteiger partial charge in [0.15, 0.2) is 0 Å². The molecular weight excluding hydrogens is 327 g/mol. The Hall–Kier alpha value is -1.76. The summed E-state index contributed by atoms with van der Waals surface area (Å²) < 4.78 is 39.5. The molecule has 4 nitrogen and oxygen atoms in total. The average Bonchev–Trinajstić information content (AvgIpc) is 2.58. The molecule has 24 heavy (non-hydrogen) atoms. The predicted molar refractivity (Wildman–Crippen MR) is 92.3 cm³/mol. The van der Waals surface area contributed by atoms with Crippen molar-refractivity contribution in [1.82, 2.24) is 9.21 Å². The van der Waals surface area contributed by atoms with Crippen molar-refractivity contribution in [2.45, 2.75) is 12.3 Å². The van der Waals surface area contributed by atoms with E-state index in [-0.39, 0.29) is 11.6 Å². The van der Waals surface area contributed by atoms with Crippen molar-refractivity contribution in [2.75, 3.05) is 26.2 Å². The first kappa shape index (κ1) is 17.1. The van der Waals surface area contributed by atoms with Gasteiger partial charge in [-0.2, -0.15) is 4.31 Å². The molecule has 0 radical (unpaired) electrons. The molecule has 1 heterocycles. The molecule has 128 valence electrons. The smallest absolute Gasteiger partial charge is 0.218 e. The quantitative estimate of drug-likeness (QED) is 0.833. The minimum Gasteiger partial charge on any atom is -0.296 e. The van der Waals surface area contributed by atoms with Crippen LogP contribution in [0.15, 0.2) is 54.6 Å². The summed E-state index contributed by atoms with van der Waals surface area (Å²) in [6.07, 6.45) is 0. The molecular formula is C18H21FN2O2S. The van der Waals surface area contributed by atoms with Crippen molar-refractivity contribution in [3.63, 3.8) is 0 Å². The third kappa shape index (κ3) is 4.41. The van der Waals surface area contributed by atoms with E-state index in [9.17, 15) is 12.8 Å². The van der Waals surface area contributed by atoms with Gasteiger partial charge in [-0.1, -0.05) is 42.5 Å². The summed E-state index contributed by atoms with van der Waals surface area (Å²) in [6, 6.07) is 15.8. The van der Waals surface area contributed by atoms with Crippen molar-refractivity contribution in [2.24, 2.45) is 0 Å². The van der Waals surface area contributed by atoms with E-state index in [2.05, 4.69) is 17.0 Å². The number of hydrogen-bond donors (Lipinski definition) is 0. The van der Waals surface area contributed by atoms with E-state index in [1.54, 1.807) is 0 Å². The zero-order valence-electron chi connectivity index (χ0n) is 13.4. The van der Waals surface area contributed by atoms with Crippen molar-refractivity contribution >= 4 is 10.0 Å². The summed E-state index contributed by atoms with van der Waals surface area (Å²) in [7, 11) is -3.36. The second-order valence-corrected chi connectivity index (χ2v) is 8.01. The first-order valence-electron chi connectivity index (χ1n) is 8.01. The largest absolute Gasteiger partial charge is 0.296 e. The zero-order valence-corrected chi connectivity index (χ0v) is 14.3. The third-order valence-electron chi connectivity index (χ3n) is 4.24. The van der Waals surface area contributed by atoms with Gasteiger partial charge in [0, 0.05) is 32.7 Å². The lowest BCUT2D eigenvalue weighted by Gasteiger charge is -2.34. The summed E-state index contributed by atoms with van der Waals surface area (Å²) in [5, 5.41) is 0. The van der Waals surface area contributed by atoms with E-state index in [0.29, 0.717) is 18.7 Å². The lowest BCUT2D eigenvalue weighted by atomic mass is 10.2. The molecule has 1 aliphatic heterocycles. The van der Waals surface area contributed by atoms with E-state index in [1.807, 2.05) is 18.2 Å². The molecule has 6 heteroatoms. The molecule has 1 aliphatic rings. The van der Waals surface area contributed by atoms with E-state index in [1.165, 1.54) is 34.1 Å². The minimum atomic E-state index is -3.36. The molecule has 0 N–H and O–H groups in total. The molecule has 1 fully saturated rings. The summed E-state index contributed by atoms with van der Waals surface area (Å²) in [5.41, 5.74) is 1.85. The Balaban J connectivity index is 1.56. The van der Waals surface area contributed by atoms with Gasteiger partial charge in [-0.05, 0) is 23.3 Å². The van der Waals surface area contributed by atoms with Gasteiger partial charge in [0.1, 0.15) is 5.82 Å². The Bertz CT molecular complexity index is 755. The Kier molecular flexibility index (Phi) is 5.28. The molecule has 0 unspecified atom stereocenters. The summed E-state index contributed by atoms with van der Waals surface area (Å²) in [6.45, 7) is 3.27. The van der Waals surface area contributed by atoms with Gasteiger partial charge in [-0.15, -0.1) is 0 Å². The monoisotopic (exact) mass is 348 g/mol. The van der Waals surface area contributed by atoms with Crippen LogP contribution in [-0.2, 0) is 22.3 Å². The van der Waals surface area contributed by atoms with Crippen LogP contribution in [0.25, 0.3) is 0 Å². The summed E-state index contributed by atoms with van der Waals surface area (Å²) in [5.74, 6) is -0.433. The van der Waals surface area contributed by atoms with E-state index in [0.717, 1.165) is 19.6 Å². The number of sulfonamides is 1. The first-order chi connectivity index (χ1) is 11.5. The molecule has 0 atom stereocenters. The Labute approximate surface area is 142 Å². The number of benzene rings is 2. The van der Waals surface area contributed by atoms with Crippen LogP contribution >= 0.6 is 0 Å². The molecule has 0 amide bonds. The van der Waals surface area contributed by atoms with Crippen LogP contribution < -0.4 is 0 Å². The summed E-state index contributed by atoms with van der Waals surface area (Å²) in [4.78, 5) is 2.26. The number of rotatable bonds is 5. The number of hydrogen-bond acceptors (Lipinski definition) is 3. The maximum atomic E-state index is 12.9. The van der Waals surface area contributed by atoms with Crippen LogP contribution in [0.3, 0.4) is 0 Å². The topological polar surface area (TPSA) is 40.6 Å². The van der Waals surface area contributed by atoms with Crippen LogP contribution in [0.4, 0.5) is 4.39 Å². The predicted octanol–water partition coefficient (Wildman–Crippen LogP) is 2.47. The van der Waals surface area contributed by atoms with E-state index in [4.69, 9.17) is 0 Å². The molecule has 2 aromatic rings. The average molecular weight is 348 g/mol. The normalized spacial score (nSPS) is 17.0. The highest BCUT2D eigenvalue weighted by atomic mass is 32.2. The highest BCUT2D eigenvalue weighted by molar-refractivity contribution is 7.88. The van der Waals surface area contributed by atoms with Gasteiger partial charge in [-0.25, -0.2) is 12.8 Å². The van der Waals surface area contributed by atoms with Gasteiger partial charge < -0.3 is 0 Å². The van der Waals surface area contributed by atoms with Gasteiger partial charge in [0.05, 0.1) is 5.75 Å². The highest BCUT2D eigenvalue weighted by Crippen LogP contribution is 2.15. The SMILES string of the molecule is O=S(=O)(Cc1ccc(F)cc1)N1CCN(Cc2ccccc2)CC1. The van der Waals surface area contributed by atoms with Gasteiger partial charge in [0.25, 0.3) is 0 Å². The van der Waals surface area contributed by atoms with Crippen molar-refractivity contribution < 1.29 is 12.8 Å². The fourth-order valence-electron chi connectivity index (χ4n) is 2.89. The fraction of sp³-hybridized carbons (Fsp3) is 0.333. The maximum Gasteiger partial charge on any atom is 0.218 e. The van der Waals surface area contributed by atoms with Gasteiger partial charge in [-0.3, -0.25) is 4.90 Å². The van der Waals surface area contributed by atoms with Crippen LogP contribution in [0.5, 0.6) is 0 Å². The molecule has 0 saturated carbocycles. The lowest BCUT2D eigenvalue weighted by Crippen LogP contribution is -2.48. The second-order valence-electron chi connectivity index (χ2n) is 6.04. The number of nitrogens with zero attached hydrogens (tertiary/aromatic N) is 2. The molecule has 3 rings (SSSR count). The van der Waals surface area contributed by atoms with Crippen LogP contribution in [0, 0.1) is 5.82 Å². The van der Waals surface area contributed by atoms with Crippen molar-refractivity contribution in [3.8, 4) is 0 Å². The molecule has 0 spiro atoms. The molecule has 0 aromatic heterocycles. The Morgan fingerprint density at radius 1 is 0.833 bits per heavy atom. The summed E-state index contributed by atoms with van der Waals surface area (Å²) >= 11 is 0. The Morgan fingerprint density at radius 3 is 2.08 bits per heavy atom. The van der Waals surface area contributed by atoms with E-state index < -0.39 is 10.0 Å². The van der Waals surface area contributed by atoms with Gasteiger partial charge >= 0.3 is 0 Å². The third-order valence-corrected chi connectivity index (χ3v) is 6.09. The number of halogens is 1. The number of piperazine rings is 1. The fourth-order valence-corrected chi connectivity index (χ4v) is 4.41. The van der Waals surface area contributed by atoms with Crippen LogP contribution in [0.1, 0.15) is 11.1 Å². The molecule has 0 aliphatic carbocycles. The highest BCUT2D eigenvalue weighted by Gasteiger charge is 2.27. The van der Waals surface area contributed by atoms with Gasteiger partial charge in [0.2, 0.25) is 10.0 Å². The van der Waals surface area contributed by atoms with Crippen molar-refractivity contribution in [1.29, 1.82) is 0 Å². The molecule has 1 saturated heterocycles. The first-order valence-corrected chi connectivity index (χ1v) is 9.62. The zero-order chi connectivity index (χ0) is 17.0. The molecule has 0 bridgehead atoms. The maximum absolute atomic E-state index is 12.9. The van der Waals surface area contributed by atoms with Crippen LogP contribution in [-0.4, -0.2) is 43.8 Å². The molecule has 2 aromatic carbocycles. The van der Waals surface area contributed by atoms with Crippen LogP contribution in [0.2, 0.25) is 0 Å².